The summed E-state index contributed by atoms with van der Waals surface area (Å²) in [5.74, 6) is 5.95. The maximum Gasteiger partial charge on any atom is 0.237 e. The van der Waals surface area contributed by atoms with Gasteiger partial charge in [-0.2, -0.15) is 0 Å². The summed E-state index contributed by atoms with van der Waals surface area (Å²) in [6, 6.07) is -0.361. The van der Waals surface area contributed by atoms with Crippen LogP contribution in [-0.4, -0.2) is 27.0 Å². The lowest BCUT2D eigenvalue weighted by Crippen LogP contribution is -2.30. The first kappa shape index (κ1) is 11.4. The van der Waals surface area contributed by atoms with Gasteiger partial charge in [-0.1, -0.05) is 0 Å². The third-order valence-electron chi connectivity index (χ3n) is 2.24. The van der Waals surface area contributed by atoms with Crippen LogP contribution < -0.4 is 16.0 Å². The zero-order valence-electron chi connectivity index (χ0n) is 9.24. The van der Waals surface area contributed by atoms with Crippen molar-refractivity contribution >= 4 is 0 Å². The Hall–Kier alpha value is -2.12. The molecule has 0 fully saturated rings. The van der Waals surface area contributed by atoms with Gasteiger partial charge in [0.05, 0.1) is 13.2 Å². The first-order valence-electron chi connectivity index (χ1n) is 4.92. The van der Waals surface area contributed by atoms with E-state index < -0.39 is 0 Å². The fourth-order valence-electron chi connectivity index (χ4n) is 1.48. The molecule has 7 heteroatoms. The van der Waals surface area contributed by atoms with Crippen LogP contribution in [-0.2, 0) is 0 Å². The molecule has 17 heavy (non-hydrogen) atoms. The summed E-state index contributed by atoms with van der Waals surface area (Å²) in [5, 5.41) is 0. The molecule has 2 aromatic heterocycles. The van der Waals surface area contributed by atoms with Gasteiger partial charge in [0.2, 0.25) is 5.88 Å². The summed E-state index contributed by atoms with van der Waals surface area (Å²) in [6.07, 6.45) is 7.89. The predicted molar refractivity (Wildman–Crippen MR) is 59.8 cm³/mol. The zero-order chi connectivity index (χ0) is 12.1. The highest BCUT2D eigenvalue weighted by Gasteiger charge is 2.19. The smallest absolute Gasteiger partial charge is 0.237 e. The van der Waals surface area contributed by atoms with Gasteiger partial charge >= 0.3 is 0 Å². The summed E-state index contributed by atoms with van der Waals surface area (Å²) in [6.45, 7) is 0. The number of ether oxygens (including phenoxy) is 1. The lowest BCUT2D eigenvalue weighted by atomic mass is 10.1. The number of hydrogen-bond donors (Lipinski definition) is 2. The lowest BCUT2D eigenvalue weighted by molar-refractivity contribution is 0.383. The minimum atomic E-state index is -0.361. The summed E-state index contributed by atoms with van der Waals surface area (Å²) in [5.41, 5.74) is 4.02. The highest BCUT2D eigenvalue weighted by Crippen LogP contribution is 2.24. The number of methoxy groups -OCH3 is 1. The number of nitrogens with one attached hydrogen (secondary N) is 1. The average Bonchev–Trinajstić information content (AvgIpc) is 2.41. The van der Waals surface area contributed by atoms with Gasteiger partial charge in [0, 0.05) is 30.4 Å². The Morgan fingerprint density at radius 2 is 1.94 bits per heavy atom. The molecule has 88 valence electrons. The molecule has 0 saturated carbocycles. The number of rotatable bonds is 4. The first-order valence-corrected chi connectivity index (χ1v) is 4.92. The fourth-order valence-corrected chi connectivity index (χ4v) is 1.48. The Labute approximate surface area is 98.1 Å². The van der Waals surface area contributed by atoms with Gasteiger partial charge in [-0.25, -0.2) is 20.4 Å². The highest BCUT2D eigenvalue weighted by molar-refractivity contribution is 5.29. The number of aromatic nitrogens is 4. The summed E-state index contributed by atoms with van der Waals surface area (Å²) in [4.78, 5) is 16.2. The normalized spacial score (nSPS) is 12.1. The van der Waals surface area contributed by atoms with Crippen LogP contribution in [0.2, 0.25) is 0 Å². The molecule has 0 aliphatic heterocycles. The largest absolute Gasteiger partial charge is 0.480 e. The van der Waals surface area contributed by atoms with Crippen molar-refractivity contribution in [1.82, 2.24) is 25.4 Å². The molecule has 1 unspecified atom stereocenters. The second kappa shape index (κ2) is 5.28. The monoisotopic (exact) mass is 232 g/mol. The van der Waals surface area contributed by atoms with E-state index in [1.54, 1.807) is 24.8 Å². The van der Waals surface area contributed by atoms with Crippen LogP contribution in [0.5, 0.6) is 5.88 Å². The Morgan fingerprint density at radius 3 is 2.59 bits per heavy atom. The molecule has 2 heterocycles. The Balaban J connectivity index is 2.42. The van der Waals surface area contributed by atoms with Crippen molar-refractivity contribution in [2.75, 3.05) is 7.11 Å². The third kappa shape index (κ3) is 2.35. The van der Waals surface area contributed by atoms with Crippen LogP contribution in [0.1, 0.15) is 17.3 Å². The van der Waals surface area contributed by atoms with Crippen LogP contribution >= 0.6 is 0 Å². The van der Waals surface area contributed by atoms with Gasteiger partial charge in [-0.3, -0.25) is 10.8 Å². The van der Waals surface area contributed by atoms with Crippen molar-refractivity contribution in [1.29, 1.82) is 0 Å². The van der Waals surface area contributed by atoms with E-state index in [0.717, 1.165) is 5.56 Å². The van der Waals surface area contributed by atoms with E-state index in [9.17, 15) is 0 Å². The predicted octanol–water partition coefficient (Wildman–Crippen LogP) is -0.172. The SMILES string of the molecule is COc1nccnc1C(NN)c1cncnc1. The minimum Gasteiger partial charge on any atom is -0.480 e. The maximum atomic E-state index is 5.53. The van der Waals surface area contributed by atoms with Gasteiger partial charge < -0.3 is 4.74 Å². The van der Waals surface area contributed by atoms with Crippen molar-refractivity contribution in [3.8, 4) is 5.88 Å². The van der Waals surface area contributed by atoms with Crippen LogP contribution in [0, 0.1) is 0 Å². The summed E-state index contributed by atoms with van der Waals surface area (Å²) >= 11 is 0. The van der Waals surface area contributed by atoms with E-state index in [-0.39, 0.29) is 6.04 Å². The van der Waals surface area contributed by atoms with E-state index in [1.807, 2.05) is 0 Å². The van der Waals surface area contributed by atoms with Gasteiger partial charge in [0.1, 0.15) is 12.0 Å². The molecule has 0 spiro atoms. The van der Waals surface area contributed by atoms with Crippen LogP contribution in [0.25, 0.3) is 0 Å². The summed E-state index contributed by atoms with van der Waals surface area (Å²) < 4.78 is 5.14. The third-order valence-corrected chi connectivity index (χ3v) is 2.24. The maximum absolute atomic E-state index is 5.53. The van der Waals surface area contributed by atoms with Crippen molar-refractivity contribution in [2.24, 2.45) is 5.84 Å². The van der Waals surface area contributed by atoms with Crippen LogP contribution in [0.15, 0.2) is 31.1 Å². The molecule has 0 aliphatic carbocycles. The van der Waals surface area contributed by atoms with E-state index in [4.69, 9.17) is 10.6 Å². The quantitative estimate of drug-likeness (QED) is 0.557. The molecule has 0 radical (unpaired) electrons. The molecule has 0 amide bonds. The van der Waals surface area contributed by atoms with Gasteiger partial charge in [-0.15, -0.1) is 0 Å². The molecule has 2 aromatic rings. The molecule has 0 saturated heterocycles. The van der Waals surface area contributed by atoms with E-state index >= 15 is 0 Å². The lowest BCUT2D eigenvalue weighted by Gasteiger charge is -2.16. The minimum absolute atomic E-state index is 0.361. The zero-order valence-corrected chi connectivity index (χ0v) is 9.24. The average molecular weight is 232 g/mol. The molecule has 7 nitrogen and oxygen atoms in total. The number of hydrazine groups is 1. The number of hydrogen-bond acceptors (Lipinski definition) is 7. The molecule has 3 N–H and O–H groups in total. The van der Waals surface area contributed by atoms with Crippen molar-refractivity contribution in [2.45, 2.75) is 6.04 Å². The van der Waals surface area contributed by atoms with Gasteiger partial charge in [0.15, 0.2) is 0 Å². The van der Waals surface area contributed by atoms with Gasteiger partial charge in [-0.05, 0) is 0 Å². The topological polar surface area (TPSA) is 98.8 Å². The van der Waals surface area contributed by atoms with E-state index in [2.05, 4.69) is 25.4 Å². The van der Waals surface area contributed by atoms with Crippen LogP contribution in [0.4, 0.5) is 0 Å². The van der Waals surface area contributed by atoms with E-state index in [1.165, 1.54) is 13.4 Å². The Kier molecular flexibility index (Phi) is 3.53. The van der Waals surface area contributed by atoms with Crippen molar-refractivity contribution in [3.63, 3.8) is 0 Å². The number of nitrogens with two attached hydrogens (primary N) is 1. The van der Waals surface area contributed by atoms with Crippen molar-refractivity contribution < 1.29 is 4.74 Å². The standard InChI is InChI=1S/C10H12N6O/c1-17-10-9(14-2-3-15-10)8(16-11)7-4-12-6-13-5-7/h2-6,8,16H,11H2,1H3. The molecule has 2 rings (SSSR count). The van der Waals surface area contributed by atoms with E-state index in [0.29, 0.717) is 11.6 Å². The molecule has 0 bridgehead atoms. The molecular formula is C10H12N6O. The summed E-state index contributed by atoms with van der Waals surface area (Å²) in [7, 11) is 1.53. The molecule has 0 aromatic carbocycles. The van der Waals surface area contributed by atoms with Crippen LogP contribution in [0.3, 0.4) is 0 Å². The first-order chi connectivity index (χ1) is 8.36. The second-order valence-corrected chi connectivity index (χ2v) is 3.22. The number of nitrogens with zero attached hydrogens (tertiary/aromatic N) is 4. The second-order valence-electron chi connectivity index (χ2n) is 3.22. The Bertz CT molecular complexity index is 477. The highest BCUT2D eigenvalue weighted by atomic mass is 16.5. The fraction of sp³-hybridized carbons (Fsp3) is 0.200. The molecule has 1 atom stereocenters. The van der Waals surface area contributed by atoms with Crippen molar-refractivity contribution in [3.05, 3.63) is 42.4 Å². The Morgan fingerprint density at radius 1 is 1.24 bits per heavy atom. The van der Waals surface area contributed by atoms with Gasteiger partial charge in [0.25, 0.3) is 0 Å². The molecular weight excluding hydrogens is 220 g/mol. The molecule has 0 aliphatic rings.